The lowest BCUT2D eigenvalue weighted by Crippen LogP contribution is -2.75. The topological polar surface area (TPSA) is 175 Å². The van der Waals surface area contributed by atoms with E-state index in [2.05, 4.69) is 0 Å². The first-order chi connectivity index (χ1) is 17.0. The first kappa shape index (κ1) is 27.1. The van der Waals surface area contributed by atoms with Crippen LogP contribution in [0.1, 0.15) is 66.0 Å². The Bertz CT molecular complexity index is 1250. The summed E-state index contributed by atoms with van der Waals surface area (Å²) in [5.74, 6) is -9.96. The summed E-state index contributed by atoms with van der Waals surface area (Å²) in [6, 6.07) is 0.601. The Kier molecular flexibility index (Phi) is 6.25. The maximum atomic E-state index is 13.9. The van der Waals surface area contributed by atoms with E-state index in [1.165, 1.54) is 11.8 Å². The molecule has 1 aromatic carbocycles. The van der Waals surface area contributed by atoms with Crippen molar-refractivity contribution in [1.29, 1.82) is 0 Å². The van der Waals surface area contributed by atoms with Gasteiger partial charge in [0.1, 0.15) is 11.7 Å². The second-order valence-corrected chi connectivity index (χ2v) is 11.9. The van der Waals surface area contributed by atoms with Crippen molar-refractivity contribution < 1.29 is 39.3 Å². The number of carbonyl (C=O) groups excluding carboxylic acids is 5. The minimum Gasteiger partial charge on any atom is -0.507 e. The molecular formula is C27H34N2O8. The highest BCUT2D eigenvalue weighted by molar-refractivity contribution is 6.26. The fourth-order valence-corrected chi connectivity index (χ4v) is 6.77. The van der Waals surface area contributed by atoms with Gasteiger partial charge in [-0.2, -0.15) is 0 Å². The third-order valence-corrected chi connectivity index (χ3v) is 8.48. The molecule has 3 aliphatic carbocycles. The predicted molar refractivity (Wildman–Crippen MR) is 131 cm³/mol. The molecule has 2 fully saturated rings. The third kappa shape index (κ3) is 3.68. The van der Waals surface area contributed by atoms with Crippen LogP contribution in [0.4, 0.5) is 0 Å². The van der Waals surface area contributed by atoms with Crippen LogP contribution in [0.5, 0.6) is 5.75 Å². The fraction of sp³-hybridized carbons (Fsp3) is 0.593. The second-order valence-electron chi connectivity index (χ2n) is 11.9. The smallest absolute Gasteiger partial charge is 0.230 e. The van der Waals surface area contributed by atoms with Crippen LogP contribution in [-0.4, -0.2) is 81.1 Å². The first-order valence-corrected chi connectivity index (χ1v) is 12.3. The molecule has 0 bridgehead atoms. The summed E-state index contributed by atoms with van der Waals surface area (Å²) in [5.41, 5.74) is 2.86. The van der Waals surface area contributed by atoms with Crippen molar-refractivity contribution in [3.8, 4) is 5.75 Å². The molecule has 5 N–H and O–H groups in total. The monoisotopic (exact) mass is 514 g/mol. The molecule has 0 heterocycles. The summed E-state index contributed by atoms with van der Waals surface area (Å²) < 4.78 is 0. The van der Waals surface area contributed by atoms with Gasteiger partial charge < -0.3 is 26.0 Å². The fourth-order valence-electron chi connectivity index (χ4n) is 6.77. The third-order valence-electron chi connectivity index (χ3n) is 8.48. The standard InChI is InChI=1S/C27H34N2O8/c1-10(30)12-9-15(26(2,3)4)20(31)17-13(12)7-11-8-14-19(29(5)6)22(33)18(25(28)36)24(35)27(14,37)23(34)16(11)21(17)32/h9,11,14,16,18-19,22,31,33,37H,7-8H2,1-6H3,(H2,28,36)/t11-,14-,16?,18?,19-,22?,27-/m1/s1. The Balaban J connectivity index is 1.93. The number of nitrogens with zero attached hydrogens (tertiary/aromatic N) is 1. The number of fused-ring (bicyclic) bond motifs is 3. The average molecular weight is 515 g/mol. The molecule has 1 amide bonds. The van der Waals surface area contributed by atoms with Crippen molar-refractivity contribution in [3.63, 3.8) is 0 Å². The van der Waals surface area contributed by atoms with Gasteiger partial charge in [0.15, 0.2) is 28.7 Å². The SMILES string of the molecule is CC(=O)c1cc(C(C)(C)C)c(O)c2c1C[C@@H]1C[C@@H]3[C@@H](N(C)C)C(O)C(C(N)=O)C(=O)[C@]3(O)C(=O)C1C2=O. The van der Waals surface area contributed by atoms with Gasteiger partial charge in [-0.25, -0.2) is 0 Å². The van der Waals surface area contributed by atoms with E-state index >= 15 is 0 Å². The molecular weight excluding hydrogens is 480 g/mol. The van der Waals surface area contributed by atoms with Crippen molar-refractivity contribution in [1.82, 2.24) is 4.90 Å². The molecule has 10 nitrogen and oxygen atoms in total. The van der Waals surface area contributed by atoms with Crippen molar-refractivity contribution >= 4 is 29.0 Å². The van der Waals surface area contributed by atoms with Crippen molar-refractivity contribution in [2.24, 2.45) is 29.4 Å². The highest BCUT2D eigenvalue weighted by Crippen LogP contribution is 2.52. The van der Waals surface area contributed by atoms with E-state index in [4.69, 9.17) is 5.73 Å². The highest BCUT2D eigenvalue weighted by Gasteiger charge is 2.69. The number of aliphatic hydroxyl groups excluding tert-OH is 1. The maximum Gasteiger partial charge on any atom is 0.230 e. The Morgan fingerprint density at radius 2 is 1.73 bits per heavy atom. The molecule has 2 saturated carbocycles. The summed E-state index contributed by atoms with van der Waals surface area (Å²) in [5, 5.41) is 33.7. The highest BCUT2D eigenvalue weighted by atomic mass is 16.3. The summed E-state index contributed by atoms with van der Waals surface area (Å²) >= 11 is 0. The molecule has 0 aromatic heterocycles. The number of hydrogen-bond acceptors (Lipinski definition) is 9. The van der Waals surface area contributed by atoms with Gasteiger partial charge in [-0.1, -0.05) is 20.8 Å². The molecule has 37 heavy (non-hydrogen) atoms. The van der Waals surface area contributed by atoms with Crippen LogP contribution in [0, 0.1) is 23.7 Å². The van der Waals surface area contributed by atoms with Crippen LogP contribution in [0.15, 0.2) is 6.07 Å². The molecule has 0 radical (unpaired) electrons. The number of phenols is 1. The number of phenolic OH excluding ortho intramolecular Hbond substituents is 1. The van der Waals surface area contributed by atoms with Gasteiger partial charge in [0.25, 0.3) is 0 Å². The van der Waals surface area contributed by atoms with Crippen molar-refractivity contribution in [2.45, 2.75) is 63.7 Å². The summed E-state index contributed by atoms with van der Waals surface area (Å²) in [6.45, 7) is 6.80. The predicted octanol–water partition coefficient (Wildman–Crippen LogP) is 0.159. The molecule has 1 aromatic rings. The Labute approximate surface area is 214 Å². The lowest BCUT2D eigenvalue weighted by molar-refractivity contribution is -0.190. The number of primary amides is 1. The average Bonchev–Trinajstić information content (AvgIpc) is 2.74. The number of Topliss-reactive ketones (excluding diaryl/α,β-unsaturated/α-hetero) is 4. The number of aliphatic hydroxyl groups is 2. The van der Waals surface area contributed by atoms with E-state index < -0.39 is 70.1 Å². The molecule has 3 aliphatic rings. The van der Waals surface area contributed by atoms with Gasteiger partial charge in [0.05, 0.1) is 17.6 Å². The lowest BCUT2D eigenvalue weighted by atomic mass is 9.51. The van der Waals surface area contributed by atoms with Gasteiger partial charge in [-0.3, -0.25) is 24.0 Å². The zero-order chi connectivity index (χ0) is 27.9. The number of nitrogens with two attached hydrogens (primary N) is 1. The van der Waals surface area contributed by atoms with Crippen LogP contribution < -0.4 is 5.73 Å². The van der Waals surface area contributed by atoms with E-state index in [0.717, 1.165) is 0 Å². The summed E-state index contributed by atoms with van der Waals surface area (Å²) in [7, 11) is 3.17. The van der Waals surface area contributed by atoms with Gasteiger partial charge in [0.2, 0.25) is 5.91 Å². The van der Waals surface area contributed by atoms with Gasteiger partial charge in [-0.05, 0) is 56.8 Å². The Morgan fingerprint density at radius 3 is 2.22 bits per heavy atom. The van der Waals surface area contributed by atoms with Gasteiger partial charge in [0, 0.05) is 23.1 Å². The van der Waals surface area contributed by atoms with E-state index in [-0.39, 0.29) is 35.5 Å². The minimum absolute atomic E-state index is 0.00561. The van der Waals surface area contributed by atoms with Crippen LogP contribution in [-0.2, 0) is 26.2 Å². The number of ketones is 4. The second kappa shape index (κ2) is 8.54. The molecule has 10 heteroatoms. The van der Waals surface area contributed by atoms with E-state index in [0.29, 0.717) is 11.1 Å². The number of carbonyl (C=O) groups is 5. The number of aromatic hydroxyl groups is 1. The number of rotatable bonds is 3. The van der Waals surface area contributed by atoms with Crippen LogP contribution in [0.3, 0.4) is 0 Å². The Hall–Kier alpha value is -2.95. The molecule has 7 atom stereocenters. The van der Waals surface area contributed by atoms with E-state index in [1.54, 1.807) is 20.2 Å². The van der Waals surface area contributed by atoms with Crippen molar-refractivity contribution in [2.75, 3.05) is 14.1 Å². The molecule has 0 spiro atoms. The number of likely N-dealkylation sites (N-methyl/N-ethyl adjacent to an activating group) is 1. The summed E-state index contributed by atoms with van der Waals surface area (Å²) in [6.07, 6.45) is -1.48. The molecule has 3 unspecified atom stereocenters. The van der Waals surface area contributed by atoms with E-state index in [1.807, 2.05) is 20.8 Å². The van der Waals surface area contributed by atoms with Crippen molar-refractivity contribution in [3.05, 3.63) is 28.3 Å². The van der Waals surface area contributed by atoms with Crippen LogP contribution >= 0.6 is 0 Å². The van der Waals surface area contributed by atoms with Crippen LogP contribution in [0.2, 0.25) is 0 Å². The molecule has 200 valence electrons. The lowest BCUT2D eigenvalue weighted by Gasteiger charge is -2.55. The normalized spacial score (nSPS) is 33.6. The van der Waals surface area contributed by atoms with Gasteiger partial charge >= 0.3 is 0 Å². The molecule has 4 rings (SSSR count). The minimum atomic E-state index is -2.72. The number of benzene rings is 1. The number of amides is 1. The number of hydrogen-bond donors (Lipinski definition) is 4. The zero-order valence-corrected chi connectivity index (χ0v) is 21.9. The summed E-state index contributed by atoms with van der Waals surface area (Å²) in [4.78, 5) is 67.4. The largest absolute Gasteiger partial charge is 0.507 e. The zero-order valence-electron chi connectivity index (χ0n) is 21.9. The molecule has 0 saturated heterocycles. The Morgan fingerprint density at radius 1 is 1.14 bits per heavy atom. The molecule has 0 aliphatic heterocycles. The van der Waals surface area contributed by atoms with Gasteiger partial charge in [-0.15, -0.1) is 0 Å². The maximum absolute atomic E-state index is 13.9. The quantitative estimate of drug-likeness (QED) is 0.323. The first-order valence-electron chi connectivity index (χ1n) is 12.3. The van der Waals surface area contributed by atoms with Crippen LogP contribution in [0.25, 0.3) is 0 Å². The van der Waals surface area contributed by atoms with E-state index in [9.17, 15) is 39.3 Å².